The summed E-state index contributed by atoms with van der Waals surface area (Å²) in [7, 11) is 0. The van der Waals surface area contributed by atoms with Gasteiger partial charge in [0.05, 0.1) is 10.9 Å². The Bertz CT molecular complexity index is 1130. The number of nitrogens with one attached hydrogen (secondary N) is 1. The second kappa shape index (κ2) is 10.5. The van der Waals surface area contributed by atoms with Crippen LogP contribution in [0.1, 0.15) is 45.1 Å². The van der Waals surface area contributed by atoms with Crippen LogP contribution in [0.3, 0.4) is 0 Å². The molecule has 0 aliphatic rings. The lowest BCUT2D eigenvalue weighted by atomic mass is 9.97. The van der Waals surface area contributed by atoms with Crippen molar-refractivity contribution >= 4 is 38.7 Å². The molecule has 3 aromatic rings. The Morgan fingerprint density at radius 1 is 1.06 bits per heavy atom. The Morgan fingerprint density at radius 3 is 2.33 bits per heavy atom. The second-order valence-corrected chi connectivity index (χ2v) is 9.85. The topological polar surface area (TPSA) is 63.6 Å². The molecular formula is C26H32BrN3O3. The zero-order valence-corrected chi connectivity index (χ0v) is 21.5. The lowest BCUT2D eigenvalue weighted by Crippen LogP contribution is -2.36. The van der Waals surface area contributed by atoms with Gasteiger partial charge in [-0.2, -0.15) is 0 Å². The number of carbonyl (C=O) groups is 2. The van der Waals surface area contributed by atoms with E-state index in [9.17, 15) is 9.59 Å². The Hall–Kier alpha value is -2.64. The maximum atomic E-state index is 13.6. The molecule has 0 radical (unpaired) electrons. The highest BCUT2D eigenvalue weighted by Crippen LogP contribution is 2.38. The van der Waals surface area contributed by atoms with E-state index < -0.39 is 11.4 Å². The number of esters is 1. The number of para-hydroxylation sites is 1. The van der Waals surface area contributed by atoms with Crippen molar-refractivity contribution in [1.29, 1.82) is 0 Å². The first kappa shape index (κ1) is 25.0. The largest absolute Gasteiger partial charge is 0.423 e. The van der Waals surface area contributed by atoms with Crippen LogP contribution in [0.4, 0.5) is 0 Å². The van der Waals surface area contributed by atoms with Crippen molar-refractivity contribution in [2.45, 2.75) is 34.6 Å². The van der Waals surface area contributed by atoms with E-state index in [4.69, 9.17) is 4.74 Å². The summed E-state index contributed by atoms with van der Waals surface area (Å²) in [4.78, 5) is 28.7. The van der Waals surface area contributed by atoms with Gasteiger partial charge < -0.3 is 19.5 Å². The van der Waals surface area contributed by atoms with Crippen LogP contribution in [0.2, 0.25) is 0 Å². The molecule has 0 fully saturated rings. The minimum atomic E-state index is -0.719. The summed E-state index contributed by atoms with van der Waals surface area (Å²) in [5.41, 5.74) is 1.20. The molecule has 1 amide bonds. The van der Waals surface area contributed by atoms with Gasteiger partial charge in [-0.05, 0) is 64.2 Å². The molecule has 7 heteroatoms. The van der Waals surface area contributed by atoms with E-state index >= 15 is 0 Å². The molecule has 1 N–H and O–H groups in total. The number of halogens is 1. The number of likely N-dealkylation sites (N-methyl/N-ethyl adjacent to an activating group) is 1. The number of hydrogen-bond acceptors (Lipinski definition) is 4. The zero-order valence-electron chi connectivity index (χ0n) is 19.9. The number of rotatable bonds is 8. The van der Waals surface area contributed by atoms with Gasteiger partial charge in [0.2, 0.25) is 0 Å². The van der Waals surface area contributed by atoms with E-state index in [0.717, 1.165) is 35.3 Å². The normalized spacial score (nSPS) is 11.7. The third-order valence-corrected chi connectivity index (χ3v) is 6.02. The number of nitrogens with zero attached hydrogens (tertiary/aromatic N) is 2. The fourth-order valence-electron chi connectivity index (χ4n) is 3.58. The van der Waals surface area contributed by atoms with E-state index in [0.29, 0.717) is 17.6 Å². The molecule has 0 bridgehead atoms. The van der Waals surface area contributed by atoms with Gasteiger partial charge in [0, 0.05) is 28.6 Å². The molecule has 0 saturated heterocycles. The van der Waals surface area contributed by atoms with Crippen LogP contribution in [0.5, 0.6) is 5.75 Å². The Kier molecular flexibility index (Phi) is 7.97. The summed E-state index contributed by atoms with van der Waals surface area (Å²) in [5, 5.41) is 3.73. The van der Waals surface area contributed by atoms with Crippen molar-refractivity contribution in [2.75, 3.05) is 26.2 Å². The Balaban J connectivity index is 2.16. The highest BCUT2D eigenvalue weighted by atomic mass is 79.9. The Labute approximate surface area is 204 Å². The summed E-state index contributed by atoms with van der Waals surface area (Å²) in [6, 6.07) is 15.4. The fourth-order valence-corrected chi connectivity index (χ4v) is 3.95. The minimum absolute atomic E-state index is 0.274. The van der Waals surface area contributed by atoms with Gasteiger partial charge in [0.15, 0.2) is 11.4 Å². The SMILES string of the molecule is CCN(CC)CCNC(=O)c1c(OC(=O)C(C)(C)C)c2cc(Br)ccc2n1-c1ccccc1. The highest BCUT2D eigenvalue weighted by molar-refractivity contribution is 9.10. The molecule has 176 valence electrons. The van der Waals surface area contributed by atoms with E-state index in [-0.39, 0.29) is 11.7 Å². The predicted octanol–water partition coefficient (Wildman–Crippen LogP) is 5.42. The Morgan fingerprint density at radius 2 is 1.73 bits per heavy atom. The molecule has 0 unspecified atom stereocenters. The van der Waals surface area contributed by atoms with Crippen LogP contribution in [0, 0.1) is 5.41 Å². The molecular weight excluding hydrogens is 482 g/mol. The van der Waals surface area contributed by atoms with Gasteiger partial charge >= 0.3 is 5.97 Å². The number of amides is 1. The summed E-state index contributed by atoms with van der Waals surface area (Å²) in [6.07, 6.45) is 0. The fraction of sp³-hybridized carbons (Fsp3) is 0.385. The lowest BCUT2D eigenvalue weighted by molar-refractivity contribution is -0.142. The van der Waals surface area contributed by atoms with Crippen molar-refractivity contribution in [2.24, 2.45) is 5.41 Å². The molecule has 3 rings (SSSR count). The van der Waals surface area contributed by atoms with Gasteiger partial charge in [-0.25, -0.2) is 0 Å². The quantitative estimate of drug-likeness (QED) is 0.408. The van der Waals surface area contributed by atoms with Crippen molar-refractivity contribution in [3.05, 3.63) is 58.7 Å². The molecule has 0 aliphatic heterocycles. The number of carbonyl (C=O) groups excluding carboxylic acids is 2. The van der Waals surface area contributed by atoms with E-state index in [1.807, 2.05) is 53.1 Å². The number of aromatic nitrogens is 1. The van der Waals surface area contributed by atoms with E-state index in [1.165, 1.54) is 0 Å². The third kappa shape index (κ3) is 5.65. The third-order valence-electron chi connectivity index (χ3n) is 5.53. The van der Waals surface area contributed by atoms with Crippen LogP contribution < -0.4 is 10.1 Å². The number of benzene rings is 2. The number of hydrogen-bond donors (Lipinski definition) is 1. The molecule has 0 saturated carbocycles. The van der Waals surface area contributed by atoms with E-state index in [2.05, 4.69) is 40.0 Å². The summed E-state index contributed by atoms with van der Waals surface area (Å²) in [5.74, 6) is -0.405. The van der Waals surface area contributed by atoms with Crippen molar-refractivity contribution in [3.8, 4) is 11.4 Å². The van der Waals surface area contributed by atoms with Crippen LogP contribution in [-0.2, 0) is 4.79 Å². The van der Waals surface area contributed by atoms with Crippen molar-refractivity contribution in [3.63, 3.8) is 0 Å². The number of fused-ring (bicyclic) bond motifs is 1. The van der Waals surface area contributed by atoms with Gasteiger partial charge in [-0.1, -0.05) is 48.0 Å². The van der Waals surface area contributed by atoms with E-state index in [1.54, 1.807) is 20.8 Å². The molecule has 1 heterocycles. The molecule has 0 aliphatic carbocycles. The summed E-state index contributed by atoms with van der Waals surface area (Å²) < 4.78 is 8.62. The monoisotopic (exact) mass is 513 g/mol. The zero-order chi connectivity index (χ0) is 24.2. The first-order valence-electron chi connectivity index (χ1n) is 11.3. The number of ether oxygens (including phenoxy) is 1. The first-order valence-corrected chi connectivity index (χ1v) is 12.1. The maximum Gasteiger partial charge on any atom is 0.316 e. The molecule has 33 heavy (non-hydrogen) atoms. The maximum absolute atomic E-state index is 13.6. The average Bonchev–Trinajstić information content (AvgIpc) is 3.10. The summed E-state index contributed by atoms with van der Waals surface area (Å²) in [6.45, 7) is 12.7. The molecule has 2 aromatic carbocycles. The van der Waals surface area contributed by atoms with Crippen molar-refractivity contribution in [1.82, 2.24) is 14.8 Å². The average molecular weight is 514 g/mol. The van der Waals surface area contributed by atoms with Gasteiger partial charge in [0.25, 0.3) is 5.91 Å². The highest BCUT2D eigenvalue weighted by Gasteiger charge is 2.31. The van der Waals surface area contributed by atoms with Gasteiger partial charge in [0.1, 0.15) is 0 Å². The molecule has 0 atom stereocenters. The van der Waals surface area contributed by atoms with Crippen LogP contribution in [0.15, 0.2) is 53.0 Å². The molecule has 0 spiro atoms. The van der Waals surface area contributed by atoms with Crippen LogP contribution in [0.25, 0.3) is 16.6 Å². The van der Waals surface area contributed by atoms with Gasteiger partial charge in [-0.15, -0.1) is 0 Å². The first-order chi connectivity index (χ1) is 15.7. The molecule has 1 aromatic heterocycles. The summed E-state index contributed by atoms with van der Waals surface area (Å²) >= 11 is 3.52. The predicted molar refractivity (Wildman–Crippen MR) is 136 cm³/mol. The van der Waals surface area contributed by atoms with Gasteiger partial charge in [-0.3, -0.25) is 9.59 Å². The smallest absolute Gasteiger partial charge is 0.316 e. The molecule has 6 nitrogen and oxygen atoms in total. The second-order valence-electron chi connectivity index (χ2n) is 8.93. The minimum Gasteiger partial charge on any atom is -0.423 e. The lowest BCUT2D eigenvalue weighted by Gasteiger charge is -2.19. The standard InChI is InChI=1S/C26H32BrN3O3/c1-6-29(7-2)16-15-28-24(31)22-23(33-25(32)26(3,4)5)20-17-18(27)13-14-21(20)30(22)19-11-9-8-10-12-19/h8-14,17H,6-7,15-16H2,1-5H3,(H,28,31). The van der Waals surface area contributed by atoms with Crippen molar-refractivity contribution < 1.29 is 14.3 Å². The van der Waals surface area contributed by atoms with Crippen LogP contribution >= 0.6 is 15.9 Å². The van der Waals surface area contributed by atoms with Crippen LogP contribution in [-0.4, -0.2) is 47.5 Å².